The molecule has 0 bridgehead atoms. The molecule has 0 unspecified atom stereocenters. The maximum atomic E-state index is 13.2. The maximum absolute atomic E-state index is 13.2. The quantitative estimate of drug-likeness (QED) is 0.0612. The highest BCUT2D eigenvalue weighted by atomic mass is 16.2. The van der Waals surface area contributed by atoms with E-state index < -0.39 is 47.8 Å². The second-order valence-corrected chi connectivity index (χ2v) is 9.38. The molecule has 5 amide bonds. The van der Waals surface area contributed by atoms with Crippen LogP contribution in [-0.4, -0.2) is 72.8 Å². The van der Waals surface area contributed by atoms with Crippen LogP contribution in [0.3, 0.4) is 0 Å². The van der Waals surface area contributed by atoms with Gasteiger partial charge in [-0.15, -0.1) is 0 Å². The van der Waals surface area contributed by atoms with Crippen molar-refractivity contribution in [1.82, 2.24) is 21.3 Å². The zero-order valence-corrected chi connectivity index (χ0v) is 21.9. The lowest BCUT2D eigenvalue weighted by Crippen LogP contribution is -2.57. The predicted octanol–water partition coefficient (Wildman–Crippen LogP) is -2.76. The van der Waals surface area contributed by atoms with Gasteiger partial charge in [0.05, 0.1) is 6.04 Å². The van der Waals surface area contributed by atoms with Crippen molar-refractivity contribution in [1.29, 1.82) is 0 Å². The fourth-order valence-electron chi connectivity index (χ4n) is 4.13. The Balaban J connectivity index is 2.16. The fourth-order valence-corrected chi connectivity index (χ4v) is 4.13. The molecule has 14 heteroatoms. The minimum Gasteiger partial charge on any atom is -0.370 e. The average Bonchev–Trinajstić information content (AvgIpc) is 3.43. The number of nitrogens with zero attached hydrogens (tertiary/aromatic N) is 1. The Morgan fingerprint density at radius 3 is 2.10 bits per heavy atom. The number of guanidine groups is 1. The summed E-state index contributed by atoms with van der Waals surface area (Å²) < 4.78 is 0. The molecule has 214 valence electrons. The molecular weight excluding hydrogens is 506 g/mol. The van der Waals surface area contributed by atoms with Crippen molar-refractivity contribution in [3.8, 4) is 0 Å². The van der Waals surface area contributed by atoms with Crippen molar-refractivity contribution < 1.29 is 24.0 Å². The van der Waals surface area contributed by atoms with Crippen LogP contribution >= 0.6 is 0 Å². The van der Waals surface area contributed by atoms with Crippen LogP contribution in [0.4, 0.5) is 0 Å². The van der Waals surface area contributed by atoms with Gasteiger partial charge in [0.1, 0.15) is 18.1 Å². The molecule has 0 radical (unpaired) electrons. The van der Waals surface area contributed by atoms with Crippen molar-refractivity contribution in [3.63, 3.8) is 0 Å². The van der Waals surface area contributed by atoms with Crippen LogP contribution in [0, 0.1) is 0 Å². The van der Waals surface area contributed by atoms with Gasteiger partial charge in [0, 0.05) is 19.4 Å². The van der Waals surface area contributed by atoms with Gasteiger partial charge in [-0.2, -0.15) is 0 Å². The second kappa shape index (κ2) is 15.9. The number of hydrogen-bond donors (Lipinski definition) is 8. The molecule has 39 heavy (non-hydrogen) atoms. The van der Waals surface area contributed by atoms with Gasteiger partial charge >= 0.3 is 0 Å². The van der Waals surface area contributed by atoms with E-state index in [0.717, 1.165) is 12.0 Å². The molecule has 0 aliphatic carbocycles. The van der Waals surface area contributed by atoms with E-state index in [2.05, 4.69) is 26.3 Å². The summed E-state index contributed by atoms with van der Waals surface area (Å²) >= 11 is 0. The zero-order valence-electron chi connectivity index (χ0n) is 21.9. The molecule has 2 rings (SSSR count). The first-order chi connectivity index (χ1) is 18.6. The van der Waals surface area contributed by atoms with Crippen LogP contribution in [0.1, 0.15) is 44.1 Å². The van der Waals surface area contributed by atoms with Gasteiger partial charge in [-0.3, -0.25) is 29.0 Å². The number of rotatable bonds is 16. The lowest BCUT2D eigenvalue weighted by molar-refractivity contribution is -0.134. The number of benzene rings is 1. The minimum absolute atomic E-state index is 0.0557. The summed E-state index contributed by atoms with van der Waals surface area (Å²) in [5, 5.41) is 10.9. The average molecular weight is 546 g/mol. The molecule has 1 aliphatic rings. The molecule has 0 spiro atoms. The lowest BCUT2D eigenvalue weighted by atomic mass is 10.0. The fraction of sp³-hybridized carbons (Fsp3) is 0.520. The van der Waals surface area contributed by atoms with Crippen LogP contribution in [-0.2, 0) is 30.4 Å². The molecule has 1 aromatic carbocycles. The molecular formula is C25H39N9O5. The first-order valence-electron chi connectivity index (χ1n) is 12.9. The number of nitrogens with one attached hydrogen (secondary N) is 4. The molecule has 1 aliphatic heterocycles. The predicted molar refractivity (Wildman–Crippen MR) is 144 cm³/mol. The zero-order chi connectivity index (χ0) is 28.8. The molecule has 1 aromatic rings. The van der Waals surface area contributed by atoms with E-state index in [1.807, 2.05) is 6.07 Å². The first-order valence-corrected chi connectivity index (χ1v) is 12.9. The van der Waals surface area contributed by atoms with Crippen molar-refractivity contribution in [3.05, 3.63) is 35.9 Å². The van der Waals surface area contributed by atoms with E-state index in [0.29, 0.717) is 19.4 Å². The first kappa shape index (κ1) is 31.0. The number of amides is 5. The molecule has 12 N–H and O–H groups in total. The summed E-state index contributed by atoms with van der Waals surface area (Å²) in [6.45, 7) is 0.874. The maximum Gasteiger partial charge on any atom is 0.243 e. The van der Waals surface area contributed by atoms with Crippen molar-refractivity contribution in [2.24, 2.45) is 27.9 Å². The largest absolute Gasteiger partial charge is 0.370 e. The Labute approximate surface area is 227 Å². The van der Waals surface area contributed by atoms with Gasteiger partial charge in [0.25, 0.3) is 0 Å². The van der Waals surface area contributed by atoms with E-state index in [-0.39, 0.29) is 44.1 Å². The Morgan fingerprint density at radius 2 is 1.54 bits per heavy atom. The van der Waals surface area contributed by atoms with Crippen molar-refractivity contribution in [2.75, 3.05) is 13.1 Å². The van der Waals surface area contributed by atoms with Gasteiger partial charge in [-0.1, -0.05) is 30.3 Å². The summed E-state index contributed by atoms with van der Waals surface area (Å²) in [7, 11) is 0. The van der Waals surface area contributed by atoms with Crippen molar-refractivity contribution >= 4 is 35.5 Å². The monoisotopic (exact) mass is 545 g/mol. The molecule has 14 nitrogen and oxygen atoms in total. The molecule has 1 saturated heterocycles. The number of nitrogens with two attached hydrogens (primary N) is 4. The third-order valence-electron chi connectivity index (χ3n) is 6.21. The third-order valence-corrected chi connectivity index (χ3v) is 6.21. The number of aliphatic imine (C=N–C) groups is 1. The van der Waals surface area contributed by atoms with E-state index in [9.17, 15) is 24.0 Å². The number of primary amides is 2. The van der Waals surface area contributed by atoms with E-state index in [1.165, 1.54) is 0 Å². The highest BCUT2D eigenvalue weighted by molar-refractivity contribution is 5.95. The molecule has 0 saturated carbocycles. The van der Waals surface area contributed by atoms with E-state index in [1.54, 1.807) is 24.3 Å². The van der Waals surface area contributed by atoms with Gasteiger partial charge in [-0.25, -0.2) is 0 Å². The smallest absolute Gasteiger partial charge is 0.243 e. The third kappa shape index (κ3) is 11.4. The summed E-state index contributed by atoms with van der Waals surface area (Å²) in [6.07, 6.45) is 1.81. The molecule has 4 atom stereocenters. The van der Waals surface area contributed by atoms with Crippen molar-refractivity contribution in [2.45, 2.75) is 69.1 Å². The van der Waals surface area contributed by atoms with Crippen LogP contribution in [0.25, 0.3) is 0 Å². The SMILES string of the molecule is NC(=O)CC[C@H](NC(=O)[C@H]1CCCN1)C(=O)N[C@@H](CCCN=C(N)N)C(=O)N[C@H](Cc1ccccc1)C(N)=O. The standard InChI is InChI=1S/C25H39N9O5/c26-20(35)11-10-18(33-22(37)16-8-4-12-30-16)24(39)32-17(9-5-13-31-25(28)29)23(38)34-19(21(27)36)14-15-6-2-1-3-7-15/h1-3,6-7,16-19,30H,4-5,8-14H2,(H2,26,35)(H2,27,36)(H,32,39)(H,33,37)(H,34,38)(H4,28,29,31)/t16-,17+,18+,19-/m1/s1. The molecule has 0 aromatic heterocycles. The van der Waals surface area contributed by atoms with E-state index >= 15 is 0 Å². The summed E-state index contributed by atoms with van der Waals surface area (Å²) in [6, 6.07) is 5.28. The molecule has 1 heterocycles. The van der Waals surface area contributed by atoms with Crippen LogP contribution in [0.5, 0.6) is 0 Å². The number of carbonyl (C=O) groups excluding carboxylic acids is 5. The Kier molecular flexibility index (Phi) is 12.7. The number of carbonyl (C=O) groups is 5. The lowest BCUT2D eigenvalue weighted by Gasteiger charge is -2.25. The van der Waals surface area contributed by atoms with Crippen LogP contribution in [0.2, 0.25) is 0 Å². The van der Waals surface area contributed by atoms with E-state index in [4.69, 9.17) is 22.9 Å². The van der Waals surface area contributed by atoms with Crippen LogP contribution < -0.4 is 44.2 Å². The Hall–Kier alpha value is -4.20. The topological polar surface area (TPSA) is 250 Å². The van der Waals surface area contributed by atoms with Gasteiger partial charge in [0.15, 0.2) is 5.96 Å². The van der Waals surface area contributed by atoms with Gasteiger partial charge in [0.2, 0.25) is 29.5 Å². The van der Waals surface area contributed by atoms with Gasteiger partial charge in [-0.05, 0) is 44.2 Å². The highest BCUT2D eigenvalue weighted by Gasteiger charge is 2.31. The summed E-state index contributed by atoms with van der Waals surface area (Å²) in [5.41, 5.74) is 22.3. The Bertz CT molecular complexity index is 1020. The Morgan fingerprint density at radius 1 is 0.897 bits per heavy atom. The highest BCUT2D eigenvalue weighted by Crippen LogP contribution is 2.09. The second-order valence-electron chi connectivity index (χ2n) is 9.38. The van der Waals surface area contributed by atoms with Crippen LogP contribution in [0.15, 0.2) is 35.3 Å². The minimum atomic E-state index is -1.11. The normalized spacial score (nSPS) is 16.8. The summed E-state index contributed by atoms with van der Waals surface area (Å²) in [5.74, 6) is -3.21. The summed E-state index contributed by atoms with van der Waals surface area (Å²) in [4.78, 5) is 66.5. The van der Waals surface area contributed by atoms with Gasteiger partial charge < -0.3 is 44.2 Å². The number of hydrogen-bond acceptors (Lipinski definition) is 7. The molecule has 1 fully saturated rings.